The maximum absolute atomic E-state index is 11.5. The zero-order valence-electron chi connectivity index (χ0n) is 18.5. The van der Waals surface area contributed by atoms with Crippen molar-refractivity contribution in [3.05, 3.63) is 65.4 Å². The Morgan fingerprint density at radius 3 is 2.70 bits per heavy atom. The van der Waals surface area contributed by atoms with Crippen molar-refractivity contribution in [3.63, 3.8) is 0 Å². The van der Waals surface area contributed by atoms with Crippen molar-refractivity contribution >= 4 is 52.1 Å². The highest BCUT2D eigenvalue weighted by Gasteiger charge is 2.18. The van der Waals surface area contributed by atoms with Crippen LogP contribution in [0, 0.1) is 0 Å². The van der Waals surface area contributed by atoms with E-state index >= 15 is 0 Å². The standard InChI is InChI=1S/C23H24ClN7O2/c1-23(2,3)33-31(14-32)18-9-4-6-15(10-18)12-25-21-19-20(26-13-27-22(19)30-29-21)28-17-8-5-7-16(24)11-17/h4-11,13-14H,12H2,1-3H3,(H3,25,26,27,28,29,30). The zero-order chi connectivity index (χ0) is 23.4. The summed E-state index contributed by atoms with van der Waals surface area (Å²) in [5.41, 5.74) is 2.47. The smallest absolute Gasteiger partial charge is 0.238 e. The van der Waals surface area contributed by atoms with E-state index in [1.165, 1.54) is 11.4 Å². The van der Waals surface area contributed by atoms with Gasteiger partial charge in [0.2, 0.25) is 6.41 Å². The summed E-state index contributed by atoms with van der Waals surface area (Å²) in [7, 11) is 0. The lowest BCUT2D eigenvalue weighted by atomic mass is 10.2. The Morgan fingerprint density at radius 1 is 1.12 bits per heavy atom. The van der Waals surface area contributed by atoms with Crippen LogP contribution in [-0.2, 0) is 16.2 Å². The second-order valence-corrected chi connectivity index (χ2v) is 8.75. The molecule has 0 saturated carbocycles. The van der Waals surface area contributed by atoms with Gasteiger partial charge in [-0.15, -0.1) is 0 Å². The van der Waals surface area contributed by atoms with Gasteiger partial charge in [0.05, 0.1) is 11.3 Å². The predicted molar refractivity (Wildman–Crippen MR) is 130 cm³/mol. The van der Waals surface area contributed by atoms with Crippen molar-refractivity contribution in [3.8, 4) is 0 Å². The number of carbonyl (C=O) groups excluding carboxylic acids is 1. The second kappa shape index (κ2) is 9.43. The number of nitrogens with one attached hydrogen (secondary N) is 3. The van der Waals surface area contributed by atoms with E-state index in [-0.39, 0.29) is 0 Å². The predicted octanol–water partition coefficient (Wildman–Crippen LogP) is 5.05. The summed E-state index contributed by atoms with van der Waals surface area (Å²) < 4.78 is 0. The largest absolute Gasteiger partial charge is 0.364 e. The maximum atomic E-state index is 11.5. The fraction of sp³-hybridized carbons (Fsp3) is 0.217. The first-order valence-corrected chi connectivity index (χ1v) is 10.7. The Balaban J connectivity index is 1.55. The Kier molecular flexibility index (Phi) is 6.43. The molecule has 1 amide bonds. The van der Waals surface area contributed by atoms with Gasteiger partial charge in [-0.1, -0.05) is 29.8 Å². The number of halogens is 1. The van der Waals surface area contributed by atoms with Gasteiger partial charge in [-0.2, -0.15) is 10.2 Å². The van der Waals surface area contributed by atoms with Crippen LogP contribution in [0.25, 0.3) is 11.0 Å². The molecule has 4 rings (SSSR count). The Hall–Kier alpha value is -3.69. The molecule has 33 heavy (non-hydrogen) atoms. The van der Waals surface area contributed by atoms with E-state index < -0.39 is 5.60 Å². The van der Waals surface area contributed by atoms with Crippen LogP contribution >= 0.6 is 11.6 Å². The van der Waals surface area contributed by atoms with Gasteiger partial charge in [0, 0.05) is 17.3 Å². The molecule has 9 nitrogen and oxygen atoms in total. The van der Waals surface area contributed by atoms with Crippen molar-refractivity contribution in [2.75, 3.05) is 15.7 Å². The number of benzene rings is 2. The first kappa shape index (κ1) is 22.5. The molecule has 2 heterocycles. The summed E-state index contributed by atoms with van der Waals surface area (Å²) in [6, 6.07) is 14.9. The summed E-state index contributed by atoms with van der Waals surface area (Å²) in [6.45, 7) is 6.11. The number of hydrogen-bond acceptors (Lipinski definition) is 7. The number of hydroxylamine groups is 1. The van der Waals surface area contributed by atoms with Gasteiger partial charge in [0.1, 0.15) is 17.5 Å². The fourth-order valence-corrected chi connectivity index (χ4v) is 3.39. The zero-order valence-corrected chi connectivity index (χ0v) is 19.2. The van der Waals surface area contributed by atoms with Crippen molar-refractivity contribution in [1.29, 1.82) is 0 Å². The van der Waals surface area contributed by atoms with Crippen LogP contribution < -0.4 is 15.7 Å². The number of fused-ring (bicyclic) bond motifs is 1. The van der Waals surface area contributed by atoms with Crippen LogP contribution in [0.5, 0.6) is 0 Å². The van der Waals surface area contributed by atoms with Crippen LogP contribution in [0.1, 0.15) is 26.3 Å². The van der Waals surface area contributed by atoms with Gasteiger partial charge >= 0.3 is 0 Å². The van der Waals surface area contributed by atoms with Gasteiger partial charge in [0.25, 0.3) is 0 Å². The number of H-pyrrole nitrogens is 1. The highest BCUT2D eigenvalue weighted by molar-refractivity contribution is 6.30. The molecule has 170 valence electrons. The second-order valence-electron chi connectivity index (χ2n) is 8.31. The Labute approximate surface area is 196 Å². The SMILES string of the molecule is CC(C)(C)ON(C=O)c1cccc(CNc2n[nH]c3ncnc(Nc4cccc(Cl)c4)c23)c1. The van der Waals surface area contributed by atoms with E-state index in [4.69, 9.17) is 16.4 Å². The summed E-state index contributed by atoms with van der Waals surface area (Å²) in [6.07, 6.45) is 2.12. The molecular formula is C23H24ClN7O2. The highest BCUT2D eigenvalue weighted by Crippen LogP contribution is 2.29. The van der Waals surface area contributed by atoms with Crippen molar-refractivity contribution in [2.45, 2.75) is 32.9 Å². The normalized spacial score (nSPS) is 11.4. The van der Waals surface area contributed by atoms with Gasteiger partial charge in [0.15, 0.2) is 11.5 Å². The topological polar surface area (TPSA) is 108 Å². The minimum Gasteiger partial charge on any atom is -0.364 e. The molecule has 0 radical (unpaired) electrons. The molecule has 10 heteroatoms. The molecule has 0 aliphatic rings. The number of anilines is 4. The Morgan fingerprint density at radius 2 is 1.94 bits per heavy atom. The molecule has 2 aromatic heterocycles. The van der Waals surface area contributed by atoms with E-state index in [2.05, 4.69) is 30.8 Å². The van der Waals surface area contributed by atoms with E-state index in [9.17, 15) is 4.79 Å². The monoisotopic (exact) mass is 465 g/mol. The quantitative estimate of drug-likeness (QED) is 0.246. The lowest BCUT2D eigenvalue weighted by molar-refractivity contribution is -0.120. The number of nitrogens with zero attached hydrogens (tertiary/aromatic N) is 4. The van der Waals surface area contributed by atoms with Crippen molar-refractivity contribution in [1.82, 2.24) is 20.2 Å². The molecule has 0 saturated heterocycles. The molecule has 0 aliphatic heterocycles. The van der Waals surface area contributed by atoms with Gasteiger partial charge in [-0.05, 0) is 56.7 Å². The molecule has 0 fully saturated rings. The van der Waals surface area contributed by atoms with Crippen LogP contribution in [0.2, 0.25) is 5.02 Å². The summed E-state index contributed by atoms with van der Waals surface area (Å²) in [5.74, 6) is 1.19. The molecular weight excluding hydrogens is 442 g/mol. The molecule has 3 N–H and O–H groups in total. The number of aromatic nitrogens is 4. The molecule has 0 spiro atoms. The van der Waals surface area contributed by atoms with Gasteiger partial charge in [-0.3, -0.25) is 14.7 Å². The molecule has 0 atom stereocenters. The van der Waals surface area contributed by atoms with Crippen LogP contribution in [0.15, 0.2) is 54.9 Å². The first-order chi connectivity index (χ1) is 15.8. The minimum absolute atomic E-state index is 0.460. The first-order valence-electron chi connectivity index (χ1n) is 10.3. The lowest BCUT2D eigenvalue weighted by Crippen LogP contribution is -2.33. The maximum Gasteiger partial charge on any atom is 0.238 e. The van der Waals surface area contributed by atoms with E-state index in [1.54, 1.807) is 6.07 Å². The lowest BCUT2D eigenvalue weighted by Gasteiger charge is -2.26. The Bertz CT molecular complexity index is 1270. The van der Waals surface area contributed by atoms with Crippen LogP contribution in [-0.4, -0.2) is 32.2 Å². The third-order valence-corrected chi connectivity index (χ3v) is 4.77. The van der Waals surface area contributed by atoms with E-state index in [0.29, 0.717) is 40.9 Å². The number of hydrogen-bond donors (Lipinski definition) is 3. The number of rotatable bonds is 8. The molecule has 0 unspecified atom stereocenters. The third-order valence-electron chi connectivity index (χ3n) is 4.54. The average molecular weight is 466 g/mol. The summed E-state index contributed by atoms with van der Waals surface area (Å²) in [4.78, 5) is 25.9. The average Bonchev–Trinajstić information content (AvgIpc) is 3.20. The molecule has 0 bridgehead atoms. The summed E-state index contributed by atoms with van der Waals surface area (Å²) >= 11 is 6.10. The van der Waals surface area contributed by atoms with E-state index in [1.807, 2.05) is 63.2 Å². The van der Waals surface area contributed by atoms with Crippen molar-refractivity contribution in [2.24, 2.45) is 0 Å². The van der Waals surface area contributed by atoms with Crippen LogP contribution in [0.4, 0.5) is 23.0 Å². The third kappa shape index (κ3) is 5.57. The minimum atomic E-state index is -0.504. The fourth-order valence-electron chi connectivity index (χ4n) is 3.20. The van der Waals surface area contributed by atoms with Gasteiger partial charge < -0.3 is 10.6 Å². The van der Waals surface area contributed by atoms with Gasteiger partial charge in [-0.25, -0.2) is 9.97 Å². The molecule has 2 aromatic carbocycles. The summed E-state index contributed by atoms with van der Waals surface area (Å²) in [5, 5.41) is 16.4. The van der Waals surface area contributed by atoms with Crippen LogP contribution in [0.3, 0.4) is 0 Å². The highest BCUT2D eigenvalue weighted by atomic mass is 35.5. The molecule has 4 aromatic rings. The number of amides is 1. The molecule has 0 aliphatic carbocycles. The van der Waals surface area contributed by atoms with Crippen molar-refractivity contribution < 1.29 is 9.63 Å². The number of carbonyl (C=O) groups is 1. The number of aromatic amines is 1. The van der Waals surface area contributed by atoms with E-state index in [0.717, 1.165) is 16.6 Å².